The van der Waals surface area contributed by atoms with Gasteiger partial charge >= 0.3 is 5.97 Å². The van der Waals surface area contributed by atoms with Gasteiger partial charge in [-0.05, 0) is 31.5 Å². The summed E-state index contributed by atoms with van der Waals surface area (Å²) in [5, 5.41) is 10.4. The number of aryl methyl sites for hydroxylation is 2. The predicted octanol–water partition coefficient (Wildman–Crippen LogP) is 2.39. The highest BCUT2D eigenvalue weighted by molar-refractivity contribution is 5.85. The maximum absolute atomic E-state index is 11.0. The molecule has 1 atom stereocenters. The Morgan fingerprint density at radius 1 is 1.40 bits per heavy atom. The first-order valence-electron chi connectivity index (χ1n) is 7.06. The van der Waals surface area contributed by atoms with Crippen molar-refractivity contribution >= 4 is 16.9 Å². The van der Waals surface area contributed by atoms with Crippen molar-refractivity contribution in [3.63, 3.8) is 0 Å². The summed E-state index contributed by atoms with van der Waals surface area (Å²) in [6.45, 7) is 4.53. The number of hydrogen-bond donors (Lipinski definition) is 1. The number of carbonyl (C=O) groups is 1. The molecular weight excluding hydrogens is 252 g/mol. The maximum atomic E-state index is 11.0. The summed E-state index contributed by atoms with van der Waals surface area (Å²) < 4.78 is 2.23. The average molecular weight is 272 g/mol. The lowest BCUT2D eigenvalue weighted by Crippen LogP contribution is -2.24. The van der Waals surface area contributed by atoms with E-state index in [4.69, 9.17) is 5.11 Å². The molecule has 3 rings (SSSR count). The monoisotopic (exact) mass is 272 g/mol. The fourth-order valence-corrected chi connectivity index (χ4v) is 3.25. The molecule has 2 aromatic rings. The minimum absolute atomic E-state index is 0.204. The topological polar surface area (TPSA) is 45.5 Å². The molecule has 0 amide bonds. The Bertz CT molecular complexity index is 621. The molecule has 4 nitrogen and oxygen atoms in total. The average Bonchev–Trinajstić information content (AvgIpc) is 3.00. The van der Waals surface area contributed by atoms with Crippen LogP contribution in [0.3, 0.4) is 0 Å². The van der Waals surface area contributed by atoms with Gasteiger partial charge in [-0.25, -0.2) is 0 Å². The summed E-state index contributed by atoms with van der Waals surface area (Å²) in [5.74, 6) is -0.869. The van der Waals surface area contributed by atoms with E-state index in [1.165, 1.54) is 22.2 Å². The van der Waals surface area contributed by atoms with Crippen LogP contribution in [0.5, 0.6) is 0 Å². The third kappa shape index (κ3) is 2.10. The van der Waals surface area contributed by atoms with Crippen molar-refractivity contribution in [2.24, 2.45) is 13.0 Å². The zero-order chi connectivity index (χ0) is 14.3. The molecule has 1 aromatic heterocycles. The molecule has 0 spiro atoms. The molecule has 1 aromatic carbocycles. The highest BCUT2D eigenvalue weighted by Gasteiger charge is 2.28. The van der Waals surface area contributed by atoms with Gasteiger partial charge in [0, 0.05) is 36.7 Å². The molecule has 1 aliphatic rings. The molecule has 0 aliphatic carbocycles. The van der Waals surface area contributed by atoms with Gasteiger partial charge < -0.3 is 9.67 Å². The molecule has 20 heavy (non-hydrogen) atoms. The van der Waals surface area contributed by atoms with Crippen LogP contribution in [0.1, 0.15) is 17.7 Å². The quantitative estimate of drug-likeness (QED) is 0.933. The summed E-state index contributed by atoms with van der Waals surface area (Å²) in [5.41, 5.74) is 3.84. The van der Waals surface area contributed by atoms with E-state index in [1.807, 2.05) is 0 Å². The first kappa shape index (κ1) is 13.2. The number of para-hydroxylation sites is 1. The number of carboxylic acids is 1. The Morgan fingerprint density at radius 2 is 2.15 bits per heavy atom. The molecule has 0 radical (unpaired) electrons. The number of benzene rings is 1. The summed E-state index contributed by atoms with van der Waals surface area (Å²) in [4.78, 5) is 13.3. The van der Waals surface area contributed by atoms with Crippen molar-refractivity contribution in [3.8, 4) is 0 Å². The highest BCUT2D eigenvalue weighted by Crippen LogP contribution is 2.27. The number of fused-ring (bicyclic) bond motifs is 1. The van der Waals surface area contributed by atoms with E-state index >= 15 is 0 Å². The number of aliphatic carboxylic acids is 1. The third-order valence-electron chi connectivity index (χ3n) is 4.50. The summed E-state index contributed by atoms with van der Waals surface area (Å²) >= 11 is 0. The number of aromatic nitrogens is 1. The summed E-state index contributed by atoms with van der Waals surface area (Å²) in [6.07, 6.45) is 0.762. The molecule has 106 valence electrons. The zero-order valence-corrected chi connectivity index (χ0v) is 12.0. The van der Waals surface area contributed by atoms with Crippen LogP contribution >= 0.6 is 0 Å². The van der Waals surface area contributed by atoms with E-state index < -0.39 is 5.97 Å². The summed E-state index contributed by atoms with van der Waals surface area (Å²) in [7, 11) is 2.09. The van der Waals surface area contributed by atoms with Crippen LogP contribution in [0, 0.1) is 12.8 Å². The number of rotatable bonds is 3. The molecule has 2 heterocycles. The van der Waals surface area contributed by atoms with Crippen molar-refractivity contribution < 1.29 is 9.90 Å². The molecule has 0 saturated carbocycles. The van der Waals surface area contributed by atoms with Gasteiger partial charge in [-0.15, -0.1) is 0 Å². The second kappa shape index (κ2) is 4.94. The zero-order valence-electron chi connectivity index (χ0n) is 12.0. The number of likely N-dealkylation sites (tertiary alicyclic amines) is 1. The summed E-state index contributed by atoms with van der Waals surface area (Å²) in [6, 6.07) is 8.41. The van der Waals surface area contributed by atoms with Gasteiger partial charge in [-0.2, -0.15) is 0 Å². The Kier molecular flexibility index (Phi) is 3.26. The van der Waals surface area contributed by atoms with Crippen molar-refractivity contribution in [2.75, 3.05) is 13.1 Å². The van der Waals surface area contributed by atoms with Crippen LogP contribution in [0.4, 0.5) is 0 Å². The third-order valence-corrected chi connectivity index (χ3v) is 4.50. The van der Waals surface area contributed by atoms with Gasteiger partial charge in [-0.1, -0.05) is 18.2 Å². The van der Waals surface area contributed by atoms with Crippen LogP contribution < -0.4 is 0 Å². The fourth-order valence-electron chi connectivity index (χ4n) is 3.25. The molecule has 1 fully saturated rings. The Hall–Kier alpha value is -1.81. The predicted molar refractivity (Wildman–Crippen MR) is 78.7 cm³/mol. The smallest absolute Gasteiger partial charge is 0.307 e. The lowest BCUT2D eigenvalue weighted by Gasteiger charge is -2.16. The minimum Gasteiger partial charge on any atom is -0.481 e. The van der Waals surface area contributed by atoms with Gasteiger partial charge in [0.25, 0.3) is 0 Å². The minimum atomic E-state index is -0.665. The lowest BCUT2D eigenvalue weighted by molar-refractivity contribution is -0.141. The number of carboxylic acid groups (broad SMARTS) is 1. The van der Waals surface area contributed by atoms with Gasteiger partial charge in [0.15, 0.2) is 0 Å². The number of hydrogen-bond acceptors (Lipinski definition) is 2. The molecule has 1 saturated heterocycles. The Morgan fingerprint density at radius 3 is 2.80 bits per heavy atom. The van der Waals surface area contributed by atoms with Crippen LogP contribution in [0.15, 0.2) is 24.3 Å². The molecule has 1 N–H and O–H groups in total. The lowest BCUT2D eigenvalue weighted by atomic mass is 10.1. The first-order chi connectivity index (χ1) is 9.58. The van der Waals surface area contributed by atoms with Gasteiger partial charge in [0.05, 0.1) is 5.92 Å². The van der Waals surface area contributed by atoms with E-state index in [0.29, 0.717) is 6.54 Å². The second-order valence-corrected chi connectivity index (χ2v) is 5.71. The largest absolute Gasteiger partial charge is 0.481 e. The second-order valence-electron chi connectivity index (χ2n) is 5.71. The molecular formula is C16H20N2O2. The standard InChI is InChI=1S/C16H20N2O2/c1-11-13-5-3-4-6-14(13)17(2)15(11)10-18-8-7-12(9-18)16(19)20/h3-6,12H,7-10H2,1-2H3,(H,19,20). The van der Waals surface area contributed by atoms with Crippen LogP contribution in [-0.4, -0.2) is 33.6 Å². The van der Waals surface area contributed by atoms with Crippen molar-refractivity contribution in [1.82, 2.24) is 9.47 Å². The van der Waals surface area contributed by atoms with Crippen molar-refractivity contribution in [2.45, 2.75) is 19.9 Å². The molecule has 1 unspecified atom stereocenters. The van der Waals surface area contributed by atoms with Crippen molar-refractivity contribution in [3.05, 3.63) is 35.5 Å². The molecule has 1 aliphatic heterocycles. The van der Waals surface area contributed by atoms with Crippen molar-refractivity contribution in [1.29, 1.82) is 0 Å². The first-order valence-corrected chi connectivity index (χ1v) is 7.06. The van der Waals surface area contributed by atoms with E-state index in [-0.39, 0.29) is 5.92 Å². The van der Waals surface area contributed by atoms with Crippen LogP contribution in [0.25, 0.3) is 10.9 Å². The van der Waals surface area contributed by atoms with E-state index in [1.54, 1.807) is 0 Å². The van der Waals surface area contributed by atoms with E-state index in [2.05, 4.69) is 47.7 Å². The Labute approximate surface area is 118 Å². The fraction of sp³-hybridized carbons (Fsp3) is 0.438. The van der Waals surface area contributed by atoms with Gasteiger partial charge in [0.1, 0.15) is 0 Å². The van der Waals surface area contributed by atoms with Gasteiger partial charge in [-0.3, -0.25) is 9.69 Å². The SMILES string of the molecule is Cc1c(CN2CCC(C(=O)O)C2)n(C)c2ccccc12. The normalized spacial score (nSPS) is 19.8. The van der Waals surface area contributed by atoms with E-state index in [0.717, 1.165) is 19.5 Å². The van der Waals surface area contributed by atoms with Crippen LogP contribution in [-0.2, 0) is 18.4 Å². The maximum Gasteiger partial charge on any atom is 0.307 e. The number of nitrogens with zero attached hydrogens (tertiary/aromatic N) is 2. The van der Waals surface area contributed by atoms with Crippen LogP contribution in [0.2, 0.25) is 0 Å². The van der Waals surface area contributed by atoms with E-state index in [9.17, 15) is 4.79 Å². The Balaban J connectivity index is 1.87. The molecule has 0 bridgehead atoms. The molecule has 4 heteroatoms. The van der Waals surface area contributed by atoms with Gasteiger partial charge in [0.2, 0.25) is 0 Å². The highest BCUT2D eigenvalue weighted by atomic mass is 16.4.